The van der Waals surface area contributed by atoms with E-state index >= 15 is 0 Å². The number of carboxylic acids is 1. The lowest BCUT2D eigenvalue weighted by molar-refractivity contribution is -0.254. The van der Waals surface area contributed by atoms with Gasteiger partial charge in [-0.3, -0.25) is 4.79 Å². The van der Waals surface area contributed by atoms with Crippen molar-refractivity contribution in [1.29, 1.82) is 5.26 Å². The largest absolute Gasteiger partial charge is 0.545 e. The standard InChI is InChI=1S/C21H12Cl2N2O4/c22-13-5-7-17(23)16(10-13)19-8-6-14(29-19)9-12(11-24)20(26)25-18-4-2-1-3-15(18)21(27)28/h1-10H,(H,25,26)(H,27,28)/p-1/b12-9+. The number of anilines is 1. The van der Waals surface area contributed by atoms with E-state index in [1.165, 1.54) is 24.3 Å². The molecule has 3 rings (SSSR count). The molecule has 0 unspecified atom stereocenters. The van der Waals surface area contributed by atoms with Gasteiger partial charge in [0.1, 0.15) is 23.2 Å². The number of nitrogens with one attached hydrogen (secondary N) is 1. The van der Waals surface area contributed by atoms with Crippen molar-refractivity contribution in [3.05, 3.63) is 81.5 Å². The summed E-state index contributed by atoms with van der Waals surface area (Å²) < 4.78 is 5.65. The molecule has 3 aromatic rings. The second kappa shape index (κ2) is 8.65. The predicted molar refractivity (Wildman–Crippen MR) is 107 cm³/mol. The monoisotopic (exact) mass is 425 g/mol. The highest BCUT2D eigenvalue weighted by atomic mass is 35.5. The quantitative estimate of drug-likeness (QED) is 0.487. The Labute approximate surface area is 175 Å². The Kier molecular flexibility index (Phi) is 6.03. The molecule has 0 aliphatic heterocycles. The molecule has 1 N–H and O–H groups in total. The molecule has 29 heavy (non-hydrogen) atoms. The van der Waals surface area contributed by atoms with Crippen LogP contribution in [-0.4, -0.2) is 11.9 Å². The van der Waals surface area contributed by atoms with Crippen molar-refractivity contribution in [2.24, 2.45) is 0 Å². The summed E-state index contributed by atoms with van der Waals surface area (Å²) in [5.74, 6) is -1.60. The van der Waals surface area contributed by atoms with Crippen LogP contribution in [0, 0.1) is 11.3 Å². The van der Waals surface area contributed by atoms with Crippen LogP contribution in [0.3, 0.4) is 0 Å². The van der Waals surface area contributed by atoms with E-state index in [1.807, 2.05) is 0 Å². The van der Waals surface area contributed by atoms with E-state index in [2.05, 4.69) is 5.32 Å². The molecule has 1 amide bonds. The third kappa shape index (κ3) is 4.66. The van der Waals surface area contributed by atoms with Gasteiger partial charge in [0, 0.05) is 22.2 Å². The molecule has 0 aliphatic rings. The highest BCUT2D eigenvalue weighted by Crippen LogP contribution is 2.32. The van der Waals surface area contributed by atoms with Crippen LogP contribution in [0.2, 0.25) is 10.0 Å². The van der Waals surface area contributed by atoms with Crippen LogP contribution in [0.1, 0.15) is 16.1 Å². The van der Waals surface area contributed by atoms with E-state index in [9.17, 15) is 20.0 Å². The maximum Gasteiger partial charge on any atom is 0.266 e. The molecule has 0 radical (unpaired) electrons. The first-order chi connectivity index (χ1) is 13.9. The van der Waals surface area contributed by atoms with E-state index < -0.39 is 11.9 Å². The molecule has 0 atom stereocenters. The molecule has 144 valence electrons. The van der Waals surface area contributed by atoms with Crippen molar-refractivity contribution in [2.45, 2.75) is 0 Å². The number of aromatic carboxylic acids is 1. The first kappa shape index (κ1) is 20.2. The molecule has 2 aromatic carbocycles. The Hall–Kier alpha value is -3.53. The molecule has 6 nitrogen and oxygen atoms in total. The first-order valence-electron chi connectivity index (χ1n) is 8.18. The van der Waals surface area contributed by atoms with Crippen molar-refractivity contribution < 1.29 is 19.1 Å². The minimum Gasteiger partial charge on any atom is -0.545 e. The SMILES string of the molecule is N#C/C(=C\c1ccc(-c2cc(Cl)ccc2Cl)o1)C(=O)Nc1ccccc1C(=O)[O-]. The lowest BCUT2D eigenvalue weighted by Gasteiger charge is -2.10. The number of rotatable bonds is 5. The molecule has 0 aliphatic carbocycles. The van der Waals surface area contributed by atoms with E-state index in [-0.39, 0.29) is 22.6 Å². The smallest absolute Gasteiger partial charge is 0.266 e. The molecule has 1 aromatic heterocycles. The number of amides is 1. The summed E-state index contributed by atoms with van der Waals surface area (Å²) in [6.45, 7) is 0. The van der Waals surface area contributed by atoms with Gasteiger partial charge in [-0.2, -0.15) is 5.26 Å². The summed E-state index contributed by atoms with van der Waals surface area (Å²) in [5, 5.41) is 23.8. The number of carbonyl (C=O) groups excluding carboxylic acids is 2. The number of furan rings is 1. The van der Waals surface area contributed by atoms with E-state index in [0.29, 0.717) is 21.4 Å². The number of benzene rings is 2. The zero-order chi connectivity index (χ0) is 21.0. The van der Waals surface area contributed by atoms with Crippen molar-refractivity contribution in [1.82, 2.24) is 0 Å². The lowest BCUT2D eigenvalue weighted by Crippen LogP contribution is -2.25. The van der Waals surface area contributed by atoms with Crippen molar-refractivity contribution in [3.63, 3.8) is 0 Å². The highest BCUT2D eigenvalue weighted by molar-refractivity contribution is 6.35. The second-order valence-electron chi connectivity index (χ2n) is 5.78. The van der Waals surface area contributed by atoms with Gasteiger partial charge in [0.15, 0.2) is 0 Å². The van der Waals surface area contributed by atoms with Gasteiger partial charge in [0.25, 0.3) is 5.91 Å². The molecule has 0 saturated heterocycles. The van der Waals surface area contributed by atoms with Gasteiger partial charge in [-0.05, 0) is 36.4 Å². The number of para-hydroxylation sites is 1. The van der Waals surface area contributed by atoms with E-state index in [1.54, 1.807) is 42.5 Å². The molecule has 0 saturated carbocycles. The van der Waals surface area contributed by atoms with Gasteiger partial charge in [-0.1, -0.05) is 41.4 Å². The summed E-state index contributed by atoms with van der Waals surface area (Å²) in [5.41, 5.74) is 0.0967. The van der Waals surface area contributed by atoms with Gasteiger partial charge in [-0.15, -0.1) is 0 Å². The van der Waals surface area contributed by atoms with Crippen molar-refractivity contribution in [3.8, 4) is 17.4 Å². The number of carboxylic acid groups (broad SMARTS) is 1. The van der Waals surface area contributed by atoms with Crippen LogP contribution in [0.25, 0.3) is 17.4 Å². The minimum atomic E-state index is -1.45. The Bertz CT molecular complexity index is 1180. The molecular formula is C21H11Cl2N2O4-. The van der Waals surface area contributed by atoms with Crippen LogP contribution in [-0.2, 0) is 4.79 Å². The number of nitrogens with zero attached hydrogens (tertiary/aromatic N) is 1. The van der Waals surface area contributed by atoms with E-state index in [4.69, 9.17) is 27.6 Å². The van der Waals surface area contributed by atoms with Gasteiger partial charge in [0.2, 0.25) is 0 Å². The summed E-state index contributed by atoms with van der Waals surface area (Å²) in [7, 11) is 0. The fraction of sp³-hybridized carbons (Fsp3) is 0. The van der Waals surface area contributed by atoms with Gasteiger partial charge < -0.3 is 19.6 Å². The maximum absolute atomic E-state index is 12.4. The second-order valence-corrected chi connectivity index (χ2v) is 6.63. The van der Waals surface area contributed by atoms with Crippen LogP contribution in [0.5, 0.6) is 0 Å². The molecular weight excluding hydrogens is 415 g/mol. The zero-order valence-corrected chi connectivity index (χ0v) is 16.1. The summed E-state index contributed by atoms with van der Waals surface area (Å²) >= 11 is 12.1. The minimum absolute atomic E-state index is 0.0180. The summed E-state index contributed by atoms with van der Waals surface area (Å²) in [6, 6.07) is 15.6. The molecule has 1 heterocycles. The fourth-order valence-electron chi connectivity index (χ4n) is 2.51. The van der Waals surface area contributed by atoms with Gasteiger partial charge in [0.05, 0.1) is 16.7 Å². The average molecular weight is 426 g/mol. The Balaban J connectivity index is 1.87. The number of carbonyl (C=O) groups is 2. The maximum atomic E-state index is 12.4. The highest BCUT2D eigenvalue weighted by Gasteiger charge is 2.14. The predicted octanol–water partition coefficient (Wildman–Crippen LogP) is 4.16. The van der Waals surface area contributed by atoms with Crippen LogP contribution >= 0.6 is 23.2 Å². The third-order valence-electron chi connectivity index (χ3n) is 3.87. The summed E-state index contributed by atoms with van der Waals surface area (Å²) in [6.07, 6.45) is 1.24. The van der Waals surface area contributed by atoms with Crippen molar-refractivity contribution >= 4 is 46.8 Å². The number of halogens is 2. The summed E-state index contributed by atoms with van der Waals surface area (Å²) in [4.78, 5) is 23.5. The third-order valence-corrected chi connectivity index (χ3v) is 4.43. The van der Waals surface area contributed by atoms with Crippen molar-refractivity contribution in [2.75, 3.05) is 5.32 Å². The van der Waals surface area contributed by atoms with Crippen LogP contribution in [0.4, 0.5) is 5.69 Å². The first-order valence-corrected chi connectivity index (χ1v) is 8.93. The van der Waals surface area contributed by atoms with Crippen LogP contribution in [0.15, 0.2) is 64.6 Å². The number of hydrogen-bond acceptors (Lipinski definition) is 5. The van der Waals surface area contributed by atoms with Gasteiger partial charge >= 0.3 is 0 Å². The molecule has 0 spiro atoms. The van der Waals surface area contributed by atoms with E-state index in [0.717, 1.165) is 0 Å². The van der Waals surface area contributed by atoms with Gasteiger partial charge in [-0.25, -0.2) is 0 Å². The topological polar surface area (TPSA) is 106 Å². The number of hydrogen-bond donors (Lipinski definition) is 1. The van der Waals surface area contributed by atoms with Crippen LogP contribution < -0.4 is 10.4 Å². The molecule has 8 heteroatoms. The average Bonchev–Trinajstić information content (AvgIpc) is 3.16. The zero-order valence-electron chi connectivity index (χ0n) is 14.6. The number of nitriles is 1. The Morgan fingerprint density at radius 1 is 1.10 bits per heavy atom. The normalized spacial score (nSPS) is 11.0. The lowest BCUT2D eigenvalue weighted by atomic mass is 10.1. The molecule has 0 fully saturated rings. The fourth-order valence-corrected chi connectivity index (χ4v) is 2.89. The molecule has 0 bridgehead atoms. The Morgan fingerprint density at radius 3 is 2.59 bits per heavy atom. The Morgan fingerprint density at radius 2 is 1.86 bits per heavy atom.